The van der Waals surface area contributed by atoms with Gasteiger partial charge in [0.05, 0.1) is 5.97 Å². The Kier molecular flexibility index (Phi) is 24.3. The number of carboxylic acids is 1. The zero-order chi connectivity index (χ0) is 17.9. The number of unbranched alkanes of at least 4 members (excludes halogenated alkanes) is 12. The molecule has 0 aromatic heterocycles. The maximum absolute atomic E-state index is 10.5. The maximum Gasteiger partial charge on any atom is 1.00 e. The largest absolute Gasteiger partial charge is 1.00 e. The van der Waals surface area contributed by atoms with Gasteiger partial charge in [-0.15, -0.1) is 0 Å². The molecule has 25 heavy (non-hydrogen) atoms. The fourth-order valence-corrected chi connectivity index (χ4v) is 2.77. The van der Waals surface area contributed by atoms with Crippen molar-refractivity contribution in [1.29, 1.82) is 0 Å². The topological polar surface area (TPSA) is 52.2 Å². The van der Waals surface area contributed by atoms with Crippen molar-refractivity contribution in [2.24, 2.45) is 0 Å². The van der Waals surface area contributed by atoms with Crippen molar-refractivity contribution in [3.05, 3.63) is 12.2 Å². The monoisotopic (exact) mass is 361 g/mol. The second-order valence-corrected chi connectivity index (χ2v) is 6.93. The second-order valence-electron chi connectivity index (χ2n) is 6.93. The van der Waals surface area contributed by atoms with Gasteiger partial charge in [0, 0.05) is 6.04 Å². The summed E-state index contributed by atoms with van der Waals surface area (Å²) in [5.74, 6) is -1.01. The minimum absolute atomic E-state index is 0. The summed E-state index contributed by atoms with van der Waals surface area (Å²) in [7, 11) is 0. The number of carboxylic acid groups (broad SMARTS) is 1. The van der Waals surface area contributed by atoms with Gasteiger partial charge in [-0.05, 0) is 45.6 Å². The van der Waals surface area contributed by atoms with Gasteiger partial charge < -0.3 is 15.2 Å². The Morgan fingerprint density at radius 2 is 1.28 bits per heavy atom. The van der Waals surface area contributed by atoms with Crippen molar-refractivity contribution >= 4 is 5.97 Å². The van der Waals surface area contributed by atoms with Crippen molar-refractivity contribution in [3.8, 4) is 0 Å². The molecule has 3 nitrogen and oxygen atoms in total. The Morgan fingerprint density at radius 3 is 1.76 bits per heavy atom. The molecule has 0 aromatic rings. The Balaban J connectivity index is 0. The van der Waals surface area contributed by atoms with Crippen molar-refractivity contribution in [1.82, 2.24) is 5.32 Å². The predicted molar refractivity (Wildman–Crippen MR) is 102 cm³/mol. The summed E-state index contributed by atoms with van der Waals surface area (Å²) in [6.07, 6.45) is 22.9. The molecule has 0 rings (SSSR count). The Hall–Kier alpha value is 0.170. The molecule has 0 unspecified atom stereocenters. The van der Waals surface area contributed by atoms with Crippen LogP contribution in [0.25, 0.3) is 0 Å². The van der Waals surface area contributed by atoms with Crippen molar-refractivity contribution < 1.29 is 39.5 Å². The third-order valence-electron chi connectivity index (χ3n) is 4.49. The minimum atomic E-state index is -1.01. The molecule has 0 aliphatic carbocycles. The van der Waals surface area contributed by atoms with Crippen LogP contribution in [0.3, 0.4) is 0 Å². The zero-order valence-corrected chi connectivity index (χ0v) is 19.2. The van der Waals surface area contributed by atoms with Crippen LogP contribution in [-0.2, 0) is 4.79 Å². The molecule has 1 atom stereocenters. The molecule has 0 saturated heterocycles. The number of hydrogen-bond donors (Lipinski definition) is 1. The van der Waals surface area contributed by atoms with E-state index >= 15 is 0 Å². The van der Waals surface area contributed by atoms with Crippen molar-refractivity contribution in [2.75, 3.05) is 6.54 Å². The van der Waals surface area contributed by atoms with Gasteiger partial charge in [0.2, 0.25) is 0 Å². The number of nitrogens with one attached hydrogen (secondary N) is 1. The molecule has 0 aliphatic heterocycles. The number of carbonyl (C=O) groups excluding carboxylic acids is 1. The zero-order valence-electron chi connectivity index (χ0n) is 17.2. The molecule has 0 aliphatic rings. The van der Waals surface area contributed by atoms with E-state index in [1.165, 1.54) is 83.5 Å². The van der Waals surface area contributed by atoms with Crippen molar-refractivity contribution in [2.45, 2.75) is 110 Å². The first-order valence-electron chi connectivity index (χ1n) is 10.3. The first-order valence-corrected chi connectivity index (χ1v) is 10.3. The van der Waals surface area contributed by atoms with Crippen LogP contribution in [0.1, 0.15) is 104 Å². The summed E-state index contributed by atoms with van der Waals surface area (Å²) < 4.78 is 0. The van der Waals surface area contributed by atoms with Gasteiger partial charge in [-0.1, -0.05) is 76.9 Å². The first-order chi connectivity index (χ1) is 11.7. The van der Waals surface area contributed by atoms with Crippen LogP contribution in [0.2, 0.25) is 0 Å². The summed E-state index contributed by atoms with van der Waals surface area (Å²) in [6, 6.07) is -0.534. The normalized spacial score (nSPS) is 12.2. The van der Waals surface area contributed by atoms with E-state index in [1.807, 2.05) is 0 Å². The van der Waals surface area contributed by atoms with Gasteiger partial charge in [0.1, 0.15) is 0 Å². The molecule has 0 bridgehead atoms. The summed E-state index contributed by atoms with van der Waals surface area (Å²) >= 11 is 0. The molecule has 0 fully saturated rings. The van der Waals surface area contributed by atoms with Gasteiger partial charge in [0.25, 0.3) is 0 Å². The van der Waals surface area contributed by atoms with E-state index in [2.05, 4.69) is 24.4 Å². The molecule has 0 saturated carbocycles. The van der Waals surface area contributed by atoms with Crippen LogP contribution in [0, 0.1) is 0 Å². The molecule has 0 spiro atoms. The predicted octanol–water partition coefficient (Wildman–Crippen LogP) is 1.76. The molecule has 0 heterocycles. The smallest absolute Gasteiger partial charge is 0.548 e. The van der Waals surface area contributed by atoms with E-state index < -0.39 is 12.0 Å². The van der Waals surface area contributed by atoms with E-state index in [9.17, 15) is 9.90 Å². The summed E-state index contributed by atoms with van der Waals surface area (Å²) in [5, 5.41) is 13.5. The van der Waals surface area contributed by atoms with Crippen LogP contribution in [0.5, 0.6) is 0 Å². The first kappa shape index (κ1) is 27.4. The molecule has 0 aromatic carbocycles. The average Bonchev–Trinajstić information content (AvgIpc) is 2.57. The molecule has 1 N–H and O–H groups in total. The molecular formula is C21H40NNaO2. The third-order valence-corrected chi connectivity index (χ3v) is 4.49. The fraction of sp³-hybridized carbons (Fsp3) is 0.857. The number of hydrogen-bond acceptors (Lipinski definition) is 3. The Morgan fingerprint density at radius 1 is 0.840 bits per heavy atom. The average molecular weight is 362 g/mol. The van der Waals surface area contributed by atoms with Crippen LogP contribution in [0.15, 0.2) is 12.2 Å². The molecule has 0 radical (unpaired) electrons. The molecule has 4 heteroatoms. The third kappa shape index (κ3) is 22.1. The minimum Gasteiger partial charge on any atom is -0.548 e. The Labute approximate surface area is 178 Å². The van der Waals surface area contributed by atoms with Gasteiger partial charge in [-0.2, -0.15) is 0 Å². The van der Waals surface area contributed by atoms with Crippen LogP contribution in [-0.4, -0.2) is 18.6 Å². The summed E-state index contributed by atoms with van der Waals surface area (Å²) in [6.45, 7) is 4.67. The molecule has 142 valence electrons. The number of aliphatic carboxylic acids is 1. The number of carbonyl (C=O) groups is 1. The van der Waals surface area contributed by atoms with Crippen LogP contribution >= 0.6 is 0 Å². The van der Waals surface area contributed by atoms with Crippen LogP contribution in [0.4, 0.5) is 0 Å². The van der Waals surface area contributed by atoms with Gasteiger partial charge in [-0.3, -0.25) is 0 Å². The quantitative estimate of drug-likeness (QED) is 0.230. The molecular weight excluding hydrogens is 321 g/mol. The molecule has 0 amide bonds. The van der Waals surface area contributed by atoms with E-state index in [-0.39, 0.29) is 29.6 Å². The van der Waals surface area contributed by atoms with Crippen molar-refractivity contribution in [3.63, 3.8) is 0 Å². The fourth-order valence-electron chi connectivity index (χ4n) is 2.77. The van der Waals surface area contributed by atoms with E-state index in [4.69, 9.17) is 0 Å². The second kappa shape index (κ2) is 22.2. The number of allylic oxidation sites excluding steroid dienone is 2. The maximum atomic E-state index is 10.5. The van der Waals surface area contributed by atoms with E-state index in [0.29, 0.717) is 0 Å². The van der Waals surface area contributed by atoms with Gasteiger partial charge in [0.15, 0.2) is 0 Å². The SMILES string of the molecule is CCCCCCCC/C=C\CCCCCCCCN[C@@H](C)C(=O)[O-].[Na+]. The Bertz CT molecular complexity index is 308. The summed E-state index contributed by atoms with van der Waals surface area (Å²) in [5.41, 5.74) is 0. The van der Waals surface area contributed by atoms with E-state index in [0.717, 1.165) is 13.0 Å². The van der Waals surface area contributed by atoms with Gasteiger partial charge >= 0.3 is 29.6 Å². The van der Waals surface area contributed by atoms with E-state index in [1.54, 1.807) is 6.92 Å². The standard InChI is InChI=1S/C21H41NO2.Na/c1-3-4-5-6-7-8-9-10-11-12-13-14-15-16-17-18-19-22-20(2)21(23)24;/h10-11,20,22H,3-9,12-19H2,1-2H3,(H,23,24);/q;+1/p-1/b11-10-;/t20-;/m0./s1. The number of rotatable bonds is 18. The van der Waals surface area contributed by atoms with Crippen LogP contribution < -0.4 is 40.0 Å². The summed E-state index contributed by atoms with van der Waals surface area (Å²) in [4.78, 5) is 10.5. The van der Waals surface area contributed by atoms with Gasteiger partial charge in [-0.25, -0.2) is 0 Å².